The van der Waals surface area contributed by atoms with Gasteiger partial charge in [0.15, 0.2) is 0 Å². The highest BCUT2D eigenvalue weighted by Crippen LogP contribution is 2.09. The van der Waals surface area contributed by atoms with E-state index in [2.05, 4.69) is 25.7 Å². The molecule has 1 aromatic rings. The number of aromatic nitrogens is 1. The van der Waals surface area contributed by atoms with Gasteiger partial charge in [-0.05, 0) is 28.1 Å². The molecule has 0 amide bonds. The van der Waals surface area contributed by atoms with Crippen molar-refractivity contribution in [3.05, 3.63) is 28.0 Å². The second-order valence-electron chi connectivity index (χ2n) is 1.61. The van der Waals surface area contributed by atoms with Gasteiger partial charge in [-0.2, -0.15) is 0 Å². The highest BCUT2D eigenvalue weighted by atomic mass is 79.9. The Hall–Kier alpha value is -0.610. The summed E-state index contributed by atoms with van der Waals surface area (Å²) in [5.41, 5.74) is 0. The average Bonchev–Trinajstić information content (AvgIpc) is 2.04. The number of ether oxygens (including phenoxy) is 1. The van der Waals surface area contributed by atoms with Crippen LogP contribution in [-0.2, 0) is 9.53 Å². The zero-order valence-corrected chi connectivity index (χ0v) is 8.67. The lowest BCUT2D eigenvalue weighted by Gasteiger charge is -1.86. The first kappa shape index (κ1) is 11.4. The molecule has 0 unspecified atom stereocenters. The standard InChI is InChI=1S/C5H3BrClN.C2H4O2/c6-4-2-1-3-5(7)8-4;1-4-2-3/h1-3H;2H,1H3. The van der Waals surface area contributed by atoms with E-state index in [1.54, 1.807) is 6.07 Å². The molecular formula is C7H7BrClNO2. The van der Waals surface area contributed by atoms with Gasteiger partial charge in [-0.15, -0.1) is 0 Å². The second-order valence-corrected chi connectivity index (χ2v) is 2.81. The van der Waals surface area contributed by atoms with Crippen molar-refractivity contribution in [1.82, 2.24) is 4.98 Å². The molecule has 0 atom stereocenters. The molecule has 0 fully saturated rings. The Bertz CT molecular complexity index is 227. The molecule has 66 valence electrons. The van der Waals surface area contributed by atoms with E-state index < -0.39 is 0 Å². The van der Waals surface area contributed by atoms with Crippen LogP contribution in [0.3, 0.4) is 0 Å². The molecule has 5 heteroatoms. The fourth-order valence-corrected chi connectivity index (χ4v) is 0.993. The lowest BCUT2D eigenvalue weighted by Crippen LogP contribution is -1.71. The fraction of sp³-hybridized carbons (Fsp3) is 0.143. The van der Waals surface area contributed by atoms with E-state index in [1.807, 2.05) is 12.1 Å². The van der Waals surface area contributed by atoms with Crippen LogP contribution in [0.2, 0.25) is 5.15 Å². The van der Waals surface area contributed by atoms with Crippen LogP contribution in [0.4, 0.5) is 0 Å². The molecule has 0 radical (unpaired) electrons. The van der Waals surface area contributed by atoms with Crippen molar-refractivity contribution < 1.29 is 9.53 Å². The zero-order chi connectivity index (χ0) is 9.40. The minimum absolute atomic E-state index is 0.375. The van der Waals surface area contributed by atoms with Crippen molar-refractivity contribution >= 4 is 34.0 Å². The maximum Gasteiger partial charge on any atom is 0.292 e. The van der Waals surface area contributed by atoms with Crippen molar-refractivity contribution in [1.29, 1.82) is 0 Å². The van der Waals surface area contributed by atoms with Gasteiger partial charge in [0.1, 0.15) is 9.76 Å². The van der Waals surface area contributed by atoms with E-state index in [4.69, 9.17) is 16.4 Å². The Labute approximate surface area is 83.8 Å². The molecule has 0 aliphatic rings. The van der Waals surface area contributed by atoms with Gasteiger partial charge in [0, 0.05) is 0 Å². The molecule has 0 aliphatic heterocycles. The van der Waals surface area contributed by atoms with E-state index in [0.717, 1.165) is 4.60 Å². The Morgan fingerprint density at radius 2 is 2.25 bits per heavy atom. The highest BCUT2D eigenvalue weighted by molar-refractivity contribution is 9.10. The second kappa shape index (κ2) is 7.06. The highest BCUT2D eigenvalue weighted by Gasteiger charge is 1.86. The summed E-state index contributed by atoms with van der Waals surface area (Å²) in [6.45, 7) is 0.375. The van der Waals surface area contributed by atoms with Crippen LogP contribution in [0.5, 0.6) is 0 Å². The van der Waals surface area contributed by atoms with Gasteiger partial charge in [-0.1, -0.05) is 17.7 Å². The molecule has 0 saturated heterocycles. The van der Waals surface area contributed by atoms with E-state index in [-0.39, 0.29) is 0 Å². The first-order valence-electron chi connectivity index (χ1n) is 2.95. The van der Waals surface area contributed by atoms with E-state index >= 15 is 0 Å². The van der Waals surface area contributed by atoms with Crippen LogP contribution in [0.25, 0.3) is 0 Å². The van der Waals surface area contributed by atoms with Gasteiger partial charge in [-0.25, -0.2) is 4.98 Å². The Morgan fingerprint density at radius 1 is 1.67 bits per heavy atom. The quantitative estimate of drug-likeness (QED) is 0.569. The summed E-state index contributed by atoms with van der Waals surface area (Å²) < 4.78 is 4.63. The van der Waals surface area contributed by atoms with Crippen molar-refractivity contribution in [2.24, 2.45) is 0 Å². The number of nitrogens with zero attached hydrogens (tertiary/aromatic N) is 1. The number of hydrogen-bond acceptors (Lipinski definition) is 3. The smallest absolute Gasteiger partial charge is 0.292 e. The minimum atomic E-state index is 0.375. The third kappa shape index (κ3) is 6.12. The summed E-state index contributed by atoms with van der Waals surface area (Å²) in [5, 5.41) is 0.513. The third-order valence-corrected chi connectivity index (χ3v) is 1.43. The lowest BCUT2D eigenvalue weighted by molar-refractivity contribution is -0.126. The summed E-state index contributed by atoms with van der Waals surface area (Å²) in [6.07, 6.45) is 0. The number of hydrogen-bond donors (Lipinski definition) is 0. The largest absolute Gasteiger partial charge is 0.471 e. The summed E-state index contributed by atoms with van der Waals surface area (Å²) in [6, 6.07) is 5.39. The van der Waals surface area contributed by atoms with E-state index in [0.29, 0.717) is 11.6 Å². The maximum absolute atomic E-state index is 8.95. The number of carbonyl (C=O) groups excluding carboxylic acids is 1. The molecule has 0 aliphatic carbocycles. The monoisotopic (exact) mass is 251 g/mol. The molecule has 0 spiro atoms. The minimum Gasteiger partial charge on any atom is -0.471 e. The van der Waals surface area contributed by atoms with Gasteiger partial charge in [0.2, 0.25) is 0 Å². The Balaban J connectivity index is 0.000000261. The molecule has 0 aromatic carbocycles. The SMILES string of the molecule is COC=O.Clc1cccc(Br)n1. The van der Waals surface area contributed by atoms with E-state index in [9.17, 15) is 0 Å². The van der Waals surface area contributed by atoms with Gasteiger partial charge in [-0.3, -0.25) is 4.79 Å². The van der Waals surface area contributed by atoms with Gasteiger partial charge >= 0.3 is 0 Å². The summed E-state index contributed by atoms with van der Waals surface area (Å²) >= 11 is 8.67. The first-order valence-corrected chi connectivity index (χ1v) is 4.12. The number of pyridine rings is 1. The molecule has 3 nitrogen and oxygen atoms in total. The van der Waals surface area contributed by atoms with Gasteiger partial charge in [0.25, 0.3) is 6.47 Å². The van der Waals surface area contributed by atoms with Crippen molar-refractivity contribution in [3.63, 3.8) is 0 Å². The van der Waals surface area contributed by atoms with Crippen LogP contribution in [0.15, 0.2) is 22.8 Å². The predicted octanol–water partition coefficient (Wildman–Crippen LogP) is 2.29. The van der Waals surface area contributed by atoms with Crippen LogP contribution in [0, 0.1) is 0 Å². The van der Waals surface area contributed by atoms with E-state index in [1.165, 1.54) is 7.11 Å². The van der Waals surface area contributed by atoms with Crippen molar-refractivity contribution in [3.8, 4) is 0 Å². The van der Waals surface area contributed by atoms with Gasteiger partial charge in [0.05, 0.1) is 7.11 Å². The molecule has 1 aromatic heterocycles. The number of halogens is 2. The van der Waals surface area contributed by atoms with Crippen LogP contribution in [-0.4, -0.2) is 18.6 Å². The lowest BCUT2D eigenvalue weighted by atomic mass is 10.5. The molecule has 12 heavy (non-hydrogen) atoms. The molecule has 1 heterocycles. The molecule has 0 bridgehead atoms. The number of carbonyl (C=O) groups is 1. The third-order valence-electron chi connectivity index (χ3n) is 0.777. The molecule has 0 N–H and O–H groups in total. The zero-order valence-electron chi connectivity index (χ0n) is 6.33. The molecule has 0 saturated carbocycles. The maximum atomic E-state index is 8.95. The number of methoxy groups -OCH3 is 1. The predicted molar refractivity (Wildman–Crippen MR) is 50.0 cm³/mol. The van der Waals surface area contributed by atoms with Gasteiger partial charge < -0.3 is 4.74 Å². The van der Waals surface area contributed by atoms with Crippen molar-refractivity contribution in [2.45, 2.75) is 0 Å². The van der Waals surface area contributed by atoms with Crippen molar-refractivity contribution in [2.75, 3.05) is 7.11 Å². The average molecular weight is 252 g/mol. The van der Waals surface area contributed by atoms with Crippen LogP contribution >= 0.6 is 27.5 Å². The first-order chi connectivity index (χ1) is 5.70. The summed E-state index contributed by atoms with van der Waals surface area (Å²) in [5.74, 6) is 0. The number of rotatable bonds is 1. The Kier molecular flexibility index (Phi) is 6.70. The fourth-order valence-electron chi connectivity index (χ4n) is 0.383. The normalized spacial score (nSPS) is 7.92. The molecular weight excluding hydrogens is 245 g/mol. The molecule has 1 rings (SSSR count). The summed E-state index contributed by atoms with van der Waals surface area (Å²) in [4.78, 5) is 12.8. The van der Waals surface area contributed by atoms with Crippen LogP contribution in [0.1, 0.15) is 0 Å². The Morgan fingerprint density at radius 3 is 2.50 bits per heavy atom. The van der Waals surface area contributed by atoms with Crippen LogP contribution < -0.4 is 0 Å². The summed E-state index contributed by atoms with van der Waals surface area (Å²) in [7, 11) is 1.31. The topological polar surface area (TPSA) is 39.2 Å².